The smallest absolute Gasteiger partial charge is 0.243 e. The quantitative estimate of drug-likeness (QED) is 0.842. The van der Waals surface area contributed by atoms with E-state index in [-0.39, 0.29) is 12.0 Å². The van der Waals surface area contributed by atoms with Crippen LogP contribution in [0.3, 0.4) is 0 Å². The normalized spacial score (nSPS) is 22.9. The molecule has 1 aliphatic rings. The molecule has 0 spiro atoms. The molecule has 2 rings (SSSR count). The Morgan fingerprint density at radius 3 is 2.94 bits per heavy atom. The zero-order valence-corrected chi connectivity index (χ0v) is 9.85. The highest BCUT2D eigenvalue weighted by atomic mass is 16.5. The van der Waals surface area contributed by atoms with E-state index in [9.17, 15) is 0 Å². The molecule has 0 amide bonds. The molecular weight excluding hydrogens is 206 g/mol. The Hall–Kier alpha value is -0.940. The first kappa shape index (κ1) is 11.5. The summed E-state index contributed by atoms with van der Waals surface area (Å²) in [7, 11) is 0. The Labute approximate surface area is 95.3 Å². The molecule has 1 fully saturated rings. The molecule has 0 saturated carbocycles. The molecule has 1 aromatic heterocycles. The molecule has 1 aliphatic heterocycles. The second-order valence-corrected chi connectivity index (χ2v) is 4.79. The van der Waals surface area contributed by atoms with Gasteiger partial charge in [-0.2, -0.15) is 4.98 Å². The third-order valence-electron chi connectivity index (χ3n) is 2.79. The molecule has 2 N–H and O–H groups in total. The van der Waals surface area contributed by atoms with Crippen molar-refractivity contribution in [1.82, 2.24) is 10.1 Å². The van der Waals surface area contributed by atoms with Gasteiger partial charge in [-0.25, -0.2) is 0 Å². The predicted molar refractivity (Wildman–Crippen MR) is 58.9 cm³/mol. The summed E-state index contributed by atoms with van der Waals surface area (Å²) in [6.07, 6.45) is 1.83. The van der Waals surface area contributed by atoms with Crippen molar-refractivity contribution in [2.24, 2.45) is 11.7 Å². The van der Waals surface area contributed by atoms with Crippen molar-refractivity contribution in [2.45, 2.75) is 38.6 Å². The molecule has 0 aliphatic carbocycles. The van der Waals surface area contributed by atoms with Crippen LogP contribution in [-0.4, -0.2) is 23.4 Å². The number of rotatable bonds is 4. The van der Waals surface area contributed by atoms with Crippen LogP contribution in [0, 0.1) is 5.92 Å². The highest BCUT2D eigenvalue weighted by Crippen LogP contribution is 2.24. The van der Waals surface area contributed by atoms with E-state index in [0.717, 1.165) is 25.3 Å². The lowest BCUT2D eigenvalue weighted by Crippen LogP contribution is -2.13. The maximum atomic E-state index is 5.98. The van der Waals surface area contributed by atoms with Crippen molar-refractivity contribution < 1.29 is 9.26 Å². The van der Waals surface area contributed by atoms with E-state index in [2.05, 4.69) is 24.0 Å². The molecule has 2 heterocycles. The van der Waals surface area contributed by atoms with Gasteiger partial charge in [-0.05, 0) is 18.8 Å². The van der Waals surface area contributed by atoms with E-state index in [1.165, 1.54) is 0 Å². The van der Waals surface area contributed by atoms with Crippen molar-refractivity contribution >= 4 is 0 Å². The first-order chi connectivity index (χ1) is 7.66. The summed E-state index contributed by atoms with van der Waals surface area (Å²) in [6.45, 7) is 5.73. The van der Waals surface area contributed by atoms with E-state index in [0.29, 0.717) is 18.4 Å². The fraction of sp³-hybridized carbons (Fsp3) is 0.818. The van der Waals surface area contributed by atoms with Gasteiger partial charge in [0.25, 0.3) is 0 Å². The van der Waals surface area contributed by atoms with Crippen LogP contribution in [0.25, 0.3) is 0 Å². The van der Waals surface area contributed by atoms with Crippen LogP contribution in [0.4, 0.5) is 0 Å². The average Bonchev–Trinajstić information content (AvgIpc) is 2.87. The van der Waals surface area contributed by atoms with Crippen LogP contribution in [0.1, 0.15) is 50.4 Å². The Balaban J connectivity index is 2.00. The Bertz CT molecular complexity index is 332. The van der Waals surface area contributed by atoms with E-state index in [4.69, 9.17) is 15.0 Å². The van der Waals surface area contributed by atoms with Gasteiger partial charge in [0.1, 0.15) is 0 Å². The lowest BCUT2D eigenvalue weighted by Gasteiger charge is -2.08. The zero-order chi connectivity index (χ0) is 11.5. The first-order valence-corrected chi connectivity index (χ1v) is 5.83. The molecule has 5 nitrogen and oxygen atoms in total. The second-order valence-electron chi connectivity index (χ2n) is 4.79. The maximum Gasteiger partial charge on any atom is 0.243 e. The minimum atomic E-state index is -0.149. The fourth-order valence-corrected chi connectivity index (χ4v) is 1.91. The molecule has 90 valence electrons. The third kappa shape index (κ3) is 2.59. The van der Waals surface area contributed by atoms with E-state index >= 15 is 0 Å². The second kappa shape index (κ2) is 4.93. The number of ether oxygens (including phenoxy) is 1. The van der Waals surface area contributed by atoms with Gasteiger partial charge in [0.15, 0.2) is 5.82 Å². The summed E-state index contributed by atoms with van der Waals surface area (Å²) in [5.74, 6) is 2.10. The van der Waals surface area contributed by atoms with E-state index in [1.54, 1.807) is 0 Å². The number of nitrogens with zero attached hydrogens (tertiary/aromatic N) is 2. The lowest BCUT2D eigenvalue weighted by molar-refractivity contribution is 0.192. The number of hydrogen-bond acceptors (Lipinski definition) is 5. The van der Waals surface area contributed by atoms with Crippen molar-refractivity contribution in [3.05, 3.63) is 11.7 Å². The molecule has 5 heteroatoms. The van der Waals surface area contributed by atoms with Gasteiger partial charge in [0.2, 0.25) is 5.89 Å². The Morgan fingerprint density at radius 1 is 1.50 bits per heavy atom. The number of hydrogen-bond donors (Lipinski definition) is 1. The Kier molecular flexibility index (Phi) is 3.56. The van der Waals surface area contributed by atoms with Gasteiger partial charge in [-0.3, -0.25) is 0 Å². The van der Waals surface area contributed by atoms with Gasteiger partial charge in [-0.1, -0.05) is 19.0 Å². The molecule has 16 heavy (non-hydrogen) atoms. The van der Waals surface area contributed by atoms with Crippen LogP contribution in [0.5, 0.6) is 0 Å². The van der Waals surface area contributed by atoms with Gasteiger partial charge in [0, 0.05) is 12.5 Å². The summed E-state index contributed by atoms with van der Waals surface area (Å²) in [5.41, 5.74) is 5.98. The average molecular weight is 225 g/mol. The molecule has 0 aromatic carbocycles. The molecule has 0 bridgehead atoms. The number of nitrogens with two attached hydrogens (primary N) is 1. The lowest BCUT2D eigenvalue weighted by atomic mass is 10.0. The molecular formula is C11H19N3O2. The third-order valence-corrected chi connectivity index (χ3v) is 2.79. The summed E-state index contributed by atoms with van der Waals surface area (Å²) in [5, 5.41) is 3.98. The van der Waals surface area contributed by atoms with Crippen molar-refractivity contribution in [2.75, 3.05) is 13.2 Å². The Morgan fingerprint density at radius 2 is 2.31 bits per heavy atom. The maximum absolute atomic E-state index is 5.98. The highest BCUT2D eigenvalue weighted by molar-refractivity contribution is 4.99. The van der Waals surface area contributed by atoms with Crippen molar-refractivity contribution in [1.29, 1.82) is 0 Å². The standard InChI is InChI=1S/C11H19N3O2/c1-7(2)5-9(12)11-13-10(14-16-11)8-3-4-15-6-8/h7-9H,3-6,12H2,1-2H3. The minimum Gasteiger partial charge on any atom is -0.381 e. The van der Waals surface area contributed by atoms with Gasteiger partial charge in [-0.15, -0.1) is 0 Å². The van der Waals surface area contributed by atoms with Crippen LogP contribution < -0.4 is 5.73 Å². The van der Waals surface area contributed by atoms with Gasteiger partial charge < -0.3 is 15.0 Å². The molecule has 1 saturated heterocycles. The highest BCUT2D eigenvalue weighted by Gasteiger charge is 2.24. The summed E-state index contributed by atoms with van der Waals surface area (Å²) < 4.78 is 10.5. The monoisotopic (exact) mass is 225 g/mol. The SMILES string of the molecule is CC(C)CC(N)c1nc(C2CCOC2)no1. The topological polar surface area (TPSA) is 74.2 Å². The molecule has 1 aromatic rings. The summed E-state index contributed by atoms with van der Waals surface area (Å²) >= 11 is 0. The summed E-state index contributed by atoms with van der Waals surface area (Å²) in [4.78, 5) is 4.36. The van der Waals surface area contributed by atoms with Crippen LogP contribution in [0.15, 0.2) is 4.52 Å². The molecule has 0 radical (unpaired) electrons. The summed E-state index contributed by atoms with van der Waals surface area (Å²) in [6, 6.07) is -0.149. The van der Waals surface area contributed by atoms with Crippen molar-refractivity contribution in [3.63, 3.8) is 0 Å². The van der Waals surface area contributed by atoms with E-state index in [1.807, 2.05) is 0 Å². The zero-order valence-electron chi connectivity index (χ0n) is 9.85. The predicted octanol–water partition coefficient (Wildman–Crippen LogP) is 1.62. The van der Waals surface area contributed by atoms with Crippen LogP contribution in [0.2, 0.25) is 0 Å². The van der Waals surface area contributed by atoms with Crippen molar-refractivity contribution in [3.8, 4) is 0 Å². The largest absolute Gasteiger partial charge is 0.381 e. The van der Waals surface area contributed by atoms with Gasteiger partial charge >= 0.3 is 0 Å². The molecule has 2 atom stereocenters. The first-order valence-electron chi connectivity index (χ1n) is 5.83. The minimum absolute atomic E-state index is 0.149. The molecule has 2 unspecified atom stereocenters. The number of aromatic nitrogens is 2. The van der Waals surface area contributed by atoms with Crippen LogP contribution in [-0.2, 0) is 4.74 Å². The fourth-order valence-electron chi connectivity index (χ4n) is 1.91. The van der Waals surface area contributed by atoms with Crippen LogP contribution >= 0.6 is 0 Å². The van der Waals surface area contributed by atoms with E-state index < -0.39 is 0 Å². The van der Waals surface area contributed by atoms with Gasteiger partial charge in [0.05, 0.1) is 12.6 Å².